The minimum absolute atomic E-state index is 0.251. The van der Waals surface area contributed by atoms with Crippen LogP contribution in [0.3, 0.4) is 0 Å². The average molecular weight is 687 g/mol. The summed E-state index contributed by atoms with van der Waals surface area (Å²) in [6, 6.07) is 47.6. The van der Waals surface area contributed by atoms with Crippen LogP contribution in [0.4, 0.5) is 0 Å². The highest BCUT2D eigenvalue weighted by Crippen LogP contribution is 2.45. The fourth-order valence-corrected chi connectivity index (χ4v) is 8.31. The van der Waals surface area contributed by atoms with E-state index < -0.39 is 0 Å². The first-order chi connectivity index (χ1) is 26.0. The molecule has 10 rings (SSSR count). The topological polar surface area (TPSA) is 48.8 Å². The Morgan fingerprint density at radius 1 is 0.566 bits per heavy atom. The molecule has 0 amide bonds. The normalized spacial score (nSPS) is 12.1. The maximum absolute atomic E-state index is 6.91. The number of rotatable bonds is 6. The van der Waals surface area contributed by atoms with Crippen molar-refractivity contribution in [1.82, 2.24) is 19.1 Å². The van der Waals surface area contributed by atoms with Crippen molar-refractivity contribution in [3.8, 4) is 33.9 Å². The molecule has 0 aliphatic rings. The summed E-state index contributed by atoms with van der Waals surface area (Å²) in [5.74, 6) is 1.37. The van der Waals surface area contributed by atoms with Gasteiger partial charge in [0, 0.05) is 33.3 Å². The van der Waals surface area contributed by atoms with Gasteiger partial charge >= 0.3 is 0 Å². The van der Waals surface area contributed by atoms with Crippen LogP contribution in [0.15, 0.2) is 150 Å². The van der Waals surface area contributed by atoms with Crippen LogP contribution in [0.2, 0.25) is 0 Å². The molecule has 0 spiro atoms. The summed E-state index contributed by atoms with van der Waals surface area (Å²) in [7, 11) is 0. The van der Waals surface area contributed by atoms with Crippen LogP contribution in [0.1, 0.15) is 50.7 Å². The number of imidazole rings is 1. The summed E-state index contributed by atoms with van der Waals surface area (Å²) < 4.78 is 11.6. The summed E-state index contributed by atoms with van der Waals surface area (Å²) in [4.78, 5) is 10.1. The van der Waals surface area contributed by atoms with E-state index in [1.807, 2.05) is 24.5 Å². The molecule has 0 atom stereocenters. The molecule has 0 unspecified atom stereocenters. The maximum Gasteiger partial charge on any atom is 0.160 e. The second kappa shape index (κ2) is 12.1. The Balaban J connectivity index is 1.32. The highest BCUT2D eigenvalue weighted by molar-refractivity contribution is 6.16. The molecule has 0 aliphatic heterocycles. The average Bonchev–Trinajstić information content (AvgIpc) is 3.88. The van der Waals surface area contributed by atoms with Crippen molar-refractivity contribution >= 4 is 54.8 Å². The van der Waals surface area contributed by atoms with Gasteiger partial charge in [-0.15, -0.1) is 0 Å². The second-order valence-corrected chi connectivity index (χ2v) is 14.6. The molecule has 0 N–H and O–H groups in total. The zero-order valence-corrected chi connectivity index (χ0v) is 30.2. The number of aromatic nitrogens is 4. The van der Waals surface area contributed by atoms with Crippen molar-refractivity contribution < 1.29 is 4.42 Å². The lowest BCUT2D eigenvalue weighted by molar-refractivity contribution is 0.666. The van der Waals surface area contributed by atoms with E-state index in [-0.39, 0.29) is 11.8 Å². The van der Waals surface area contributed by atoms with Gasteiger partial charge in [-0.1, -0.05) is 113 Å². The van der Waals surface area contributed by atoms with Gasteiger partial charge in [0.25, 0.3) is 0 Å². The number of nitrogens with zero attached hydrogens (tertiary/aromatic N) is 4. The van der Waals surface area contributed by atoms with Crippen LogP contribution in [0.5, 0.6) is 0 Å². The van der Waals surface area contributed by atoms with Gasteiger partial charge in [0.2, 0.25) is 0 Å². The minimum Gasteiger partial charge on any atom is -0.454 e. The standard InChI is InChI=1S/C48H38N4O/c1-29(2)37-26-32(31-14-6-5-7-15-31)27-38(30(3)4)46(37)52-43-28-49-25-24-39(43)50-48(52)36-22-23-42(47-45(36)35-18-10-13-21-44(35)53-47)51-40-19-11-8-16-33(40)34-17-9-12-20-41(34)51/h5-30H,1-4H3. The summed E-state index contributed by atoms with van der Waals surface area (Å²) in [6.45, 7) is 9.16. The van der Waals surface area contributed by atoms with Gasteiger partial charge in [0.15, 0.2) is 5.58 Å². The lowest BCUT2D eigenvalue weighted by Gasteiger charge is -2.24. The van der Waals surface area contributed by atoms with E-state index in [0.717, 1.165) is 61.1 Å². The van der Waals surface area contributed by atoms with Gasteiger partial charge in [0.05, 0.1) is 39.6 Å². The van der Waals surface area contributed by atoms with Crippen molar-refractivity contribution in [3.05, 3.63) is 157 Å². The van der Waals surface area contributed by atoms with Crippen molar-refractivity contribution in [2.75, 3.05) is 0 Å². The zero-order chi connectivity index (χ0) is 35.8. The molecule has 0 radical (unpaired) electrons. The first-order valence-electron chi connectivity index (χ1n) is 18.5. The lowest BCUT2D eigenvalue weighted by atomic mass is 9.88. The predicted octanol–water partition coefficient (Wildman–Crippen LogP) is 13.0. The number of hydrogen-bond acceptors (Lipinski definition) is 3. The first-order valence-corrected chi connectivity index (χ1v) is 18.5. The fourth-order valence-electron chi connectivity index (χ4n) is 8.31. The predicted molar refractivity (Wildman–Crippen MR) is 220 cm³/mol. The molecule has 6 aromatic carbocycles. The molecule has 0 saturated carbocycles. The summed E-state index contributed by atoms with van der Waals surface area (Å²) >= 11 is 0. The Labute approximate surface area is 307 Å². The molecule has 5 heteroatoms. The Morgan fingerprint density at radius 2 is 1.19 bits per heavy atom. The Kier molecular flexibility index (Phi) is 7.12. The Hall–Kier alpha value is -6.46. The van der Waals surface area contributed by atoms with E-state index in [2.05, 4.69) is 163 Å². The molecular weight excluding hydrogens is 649 g/mol. The van der Waals surface area contributed by atoms with Crippen molar-refractivity contribution in [2.24, 2.45) is 0 Å². The molecule has 0 saturated heterocycles. The number of hydrogen-bond donors (Lipinski definition) is 0. The zero-order valence-electron chi connectivity index (χ0n) is 30.2. The SMILES string of the molecule is CC(C)c1cc(-c2ccccc2)cc(C(C)C)c1-n1c(-c2ccc(-n3c4ccccc4c4ccccc43)c3oc4ccccc4c23)nc2ccncc21. The van der Waals surface area contributed by atoms with Gasteiger partial charge in [0.1, 0.15) is 11.4 Å². The van der Waals surface area contributed by atoms with E-state index in [4.69, 9.17) is 9.40 Å². The minimum atomic E-state index is 0.251. The van der Waals surface area contributed by atoms with Crippen LogP contribution >= 0.6 is 0 Å². The Bertz CT molecular complexity index is 2930. The molecule has 4 heterocycles. The third-order valence-electron chi connectivity index (χ3n) is 10.8. The van der Waals surface area contributed by atoms with E-state index in [0.29, 0.717) is 0 Å². The molecule has 10 aromatic rings. The molecule has 5 nitrogen and oxygen atoms in total. The van der Waals surface area contributed by atoms with E-state index in [1.165, 1.54) is 38.7 Å². The lowest BCUT2D eigenvalue weighted by Crippen LogP contribution is -2.09. The smallest absolute Gasteiger partial charge is 0.160 e. The van der Waals surface area contributed by atoms with Gasteiger partial charge in [-0.2, -0.15) is 0 Å². The number of benzene rings is 6. The van der Waals surface area contributed by atoms with Gasteiger partial charge in [-0.25, -0.2) is 4.98 Å². The maximum atomic E-state index is 6.91. The summed E-state index contributed by atoms with van der Waals surface area (Å²) in [6.07, 6.45) is 3.80. The van der Waals surface area contributed by atoms with Gasteiger partial charge in [-0.3, -0.25) is 9.55 Å². The Morgan fingerprint density at radius 3 is 1.87 bits per heavy atom. The molecule has 53 heavy (non-hydrogen) atoms. The van der Waals surface area contributed by atoms with E-state index in [1.54, 1.807) is 0 Å². The summed E-state index contributed by atoms with van der Waals surface area (Å²) in [5.41, 5.74) is 14.0. The monoisotopic (exact) mass is 686 g/mol. The number of fused-ring (bicyclic) bond motifs is 7. The van der Waals surface area contributed by atoms with Gasteiger partial charge in [-0.05, 0) is 82.6 Å². The van der Waals surface area contributed by atoms with Crippen LogP contribution < -0.4 is 0 Å². The van der Waals surface area contributed by atoms with Crippen LogP contribution in [0.25, 0.3) is 88.7 Å². The van der Waals surface area contributed by atoms with Crippen LogP contribution in [0, 0.1) is 0 Å². The highest BCUT2D eigenvalue weighted by atomic mass is 16.3. The van der Waals surface area contributed by atoms with E-state index in [9.17, 15) is 0 Å². The van der Waals surface area contributed by atoms with Gasteiger partial charge < -0.3 is 8.98 Å². The van der Waals surface area contributed by atoms with Crippen LogP contribution in [-0.2, 0) is 0 Å². The number of furan rings is 1. The fraction of sp³-hybridized carbons (Fsp3) is 0.125. The molecule has 0 aliphatic carbocycles. The third-order valence-corrected chi connectivity index (χ3v) is 10.8. The van der Waals surface area contributed by atoms with Crippen LogP contribution in [-0.4, -0.2) is 19.1 Å². The quantitative estimate of drug-likeness (QED) is 0.175. The second-order valence-electron chi connectivity index (χ2n) is 14.6. The largest absolute Gasteiger partial charge is 0.454 e. The number of para-hydroxylation sites is 3. The van der Waals surface area contributed by atoms with Crippen molar-refractivity contribution in [2.45, 2.75) is 39.5 Å². The third kappa shape index (κ3) is 4.77. The molecule has 4 aromatic heterocycles. The van der Waals surface area contributed by atoms with E-state index >= 15 is 0 Å². The summed E-state index contributed by atoms with van der Waals surface area (Å²) in [5, 5.41) is 4.53. The first kappa shape index (κ1) is 31.3. The molecule has 256 valence electrons. The molecule has 0 fully saturated rings. The van der Waals surface area contributed by atoms with Crippen molar-refractivity contribution in [3.63, 3.8) is 0 Å². The van der Waals surface area contributed by atoms with Crippen molar-refractivity contribution in [1.29, 1.82) is 0 Å². The number of pyridine rings is 1. The molecule has 0 bridgehead atoms. The molecular formula is C48H38N4O. The highest BCUT2D eigenvalue weighted by Gasteiger charge is 2.27.